The van der Waals surface area contributed by atoms with Crippen LogP contribution in [0.25, 0.3) is 0 Å². The Morgan fingerprint density at radius 2 is 2.50 bits per heavy atom. The predicted molar refractivity (Wildman–Crippen MR) is 37.1 cm³/mol. The minimum atomic E-state index is -0.538. The van der Waals surface area contributed by atoms with Crippen LogP contribution >= 0.6 is 12.2 Å². The van der Waals surface area contributed by atoms with Crippen LogP contribution in [0.2, 0.25) is 0 Å². The van der Waals surface area contributed by atoms with Crippen LogP contribution in [0.4, 0.5) is 5.69 Å². The van der Waals surface area contributed by atoms with Gasteiger partial charge in [-0.3, -0.25) is 10.1 Å². The Hall–Kier alpha value is -1.23. The van der Waals surface area contributed by atoms with Crippen LogP contribution in [0.5, 0.6) is 0 Å². The molecule has 10 heavy (non-hydrogen) atoms. The van der Waals surface area contributed by atoms with Crippen molar-refractivity contribution in [2.24, 2.45) is 0 Å². The largest absolute Gasteiger partial charge is 0.352 e. The van der Waals surface area contributed by atoms with Gasteiger partial charge in [-0.15, -0.1) is 0 Å². The normalized spacial score (nSPS) is 9.20. The average Bonchev–Trinajstić information content (AvgIpc) is 1.88. The summed E-state index contributed by atoms with van der Waals surface area (Å²) in [6.07, 6.45) is 1.41. The van der Waals surface area contributed by atoms with E-state index in [-0.39, 0.29) is 10.3 Å². The van der Waals surface area contributed by atoms with Gasteiger partial charge in [0.25, 0.3) is 5.69 Å². The Labute approximate surface area is 61.7 Å². The molecule has 0 aliphatic heterocycles. The molecule has 0 saturated carbocycles. The molecule has 0 amide bonds. The molecule has 0 fully saturated rings. The highest BCUT2D eigenvalue weighted by Gasteiger charge is 2.01. The summed E-state index contributed by atoms with van der Waals surface area (Å²) >= 11 is 4.60. The van der Waals surface area contributed by atoms with Gasteiger partial charge in [-0.1, -0.05) is 12.2 Å². The van der Waals surface area contributed by atoms with Gasteiger partial charge in [0, 0.05) is 12.3 Å². The summed E-state index contributed by atoms with van der Waals surface area (Å²) < 4.78 is 0.245. The number of pyridine rings is 1. The van der Waals surface area contributed by atoms with Crippen molar-refractivity contribution < 1.29 is 4.92 Å². The number of hydrogen-bond acceptors (Lipinski definition) is 3. The lowest BCUT2D eigenvalue weighted by Gasteiger charge is -1.86. The van der Waals surface area contributed by atoms with Crippen LogP contribution in [-0.2, 0) is 0 Å². The van der Waals surface area contributed by atoms with Crippen molar-refractivity contribution in [3.8, 4) is 0 Å². The summed E-state index contributed by atoms with van der Waals surface area (Å²) in [4.78, 5) is 12.1. The van der Waals surface area contributed by atoms with E-state index in [1.807, 2.05) is 0 Å². The van der Waals surface area contributed by atoms with Crippen molar-refractivity contribution in [2.45, 2.75) is 0 Å². The zero-order chi connectivity index (χ0) is 7.56. The fourth-order valence-corrected chi connectivity index (χ4v) is 0.669. The zero-order valence-corrected chi connectivity index (χ0v) is 5.64. The predicted octanol–water partition coefficient (Wildman–Crippen LogP) is 1.45. The first-order valence-corrected chi connectivity index (χ1v) is 2.86. The molecule has 0 unspecified atom stereocenters. The topological polar surface area (TPSA) is 58.9 Å². The number of hydrogen-bond donors (Lipinski definition) is 1. The number of aromatic amines is 1. The molecule has 0 aliphatic rings. The van der Waals surface area contributed by atoms with Crippen LogP contribution in [-0.4, -0.2) is 9.91 Å². The molecule has 4 nitrogen and oxygen atoms in total. The molecule has 0 aromatic carbocycles. The van der Waals surface area contributed by atoms with Crippen molar-refractivity contribution in [2.75, 3.05) is 0 Å². The number of nitrogens with one attached hydrogen (secondary N) is 1. The molecule has 0 aliphatic carbocycles. The van der Waals surface area contributed by atoms with Gasteiger partial charge in [-0.2, -0.15) is 0 Å². The lowest BCUT2D eigenvalue weighted by molar-refractivity contribution is -0.385. The Bertz CT molecular complexity index is 307. The molecule has 0 spiro atoms. The molecular formula is C5H3N2O2S. The molecule has 0 atom stereocenters. The smallest absolute Gasteiger partial charge is 0.282 e. The van der Waals surface area contributed by atoms with Crippen LogP contribution in [0.1, 0.15) is 0 Å². The lowest BCUT2D eigenvalue weighted by Crippen LogP contribution is -1.87. The third-order valence-electron chi connectivity index (χ3n) is 0.894. The zero-order valence-electron chi connectivity index (χ0n) is 4.83. The second-order valence-electron chi connectivity index (χ2n) is 1.57. The third-order valence-corrected chi connectivity index (χ3v) is 1.11. The van der Waals surface area contributed by atoms with Crippen molar-refractivity contribution in [1.82, 2.24) is 4.98 Å². The molecule has 0 saturated heterocycles. The maximum Gasteiger partial charge on any atom is 0.282 e. The fourth-order valence-electron chi connectivity index (χ4n) is 0.497. The van der Waals surface area contributed by atoms with Gasteiger partial charge in [-0.05, 0) is 0 Å². The first-order chi connectivity index (χ1) is 4.70. The molecule has 5 heteroatoms. The third kappa shape index (κ3) is 1.38. The van der Waals surface area contributed by atoms with E-state index in [2.05, 4.69) is 23.3 Å². The standard InChI is InChI=1S/C5H3N2O2S/c8-7(9)4-1-2-6-5(10)3-4/h1-2H,(H,6,10). The molecule has 1 aromatic rings. The van der Waals surface area contributed by atoms with Gasteiger partial charge in [-0.25, -0.2) is 0 Å². The van der Waals surface area contributed by atoms with Crippen molar-refractivity contribution in [3.05, 3.63) is 33.1 Å². The molecule has 1 N–H and O–H groups in total. The van der Waals surface area contributed by atoms with Crippen LogP contribution in [0.3, 0.4) is 0 Å². The highest BCUT2D eigenvalue weighted by Crippen LogP contribution is 2.05. The molecule has 1 radical (unpaired) electrons. The van der Waals surface area contributed by atoms with E-state index in [0.29, 0.717) is 0 Å². The van der Waals surface area contributed by atoms with E-state index in [9.17, 15) is 10.1 Å². The highest BCUT2D eigenvalue weighted by atomic mass is 32.1. The van der Waals surface area contributed by atoms with Gasteiger partial charge in [0.1, 0.15) is 10.7 Å². The molecular weight excluding hydrogens is 152 g/mol. The molecule has 1 aromatic heterocycles. The Morgan fingerprint density at radius 3 is 2.90 bits per heavy atom. The van der Waals surface area contributed by atoms with Gasteiger partial charge in [0.15, 0.2) is 0 Å². The summed E-state index contributed by atoms with van der Waals surface area (Å²) in [5, 5.41) is 10.1. The lowest BCUT2D eigenvalue weighted by atomic mass is 10.4. The summed E-state index contributed by atoms with van der Waals surface area (Å²) in [6, 6.07) is 3.67. The van der Waals surface area contributed by atoms with E-state index >= 15 is 0 Å². The highest BCUT2D eigenvalue weighted by molar-refractivity contribution is 7.71. The van der Waals surface area contributed by atoms with Gasteiger partial charge >= 0.3 is 0 Å². The van der Waals surface area contributed by atoms with Crippen molar-refractivity contribution in [1.29, 1.82) is 0 Å². The SMILES string of the molecule is O=[N+]([O-])c1[c]c(=S)[nH]cc1. The number of H-pyrrole nitrogens is 1. The van der Waals surface area contributed by atoms with Gasteiger partial charge in [0.2, 0.25) is 0 Å². The average molecular weight is 155 g/mol. The maximum absolute atomic E-state index is 10.1. The fraction of sp³-hybridized carbons (Fsp3) is 0. The Balaban J connectivity index is 3.20. The van der Waals surface area contributed by atoms with Crippen LogP contribution in [0.15, 0.2) is 12.3 Å². The number of aromatic nitrogens is 1. The van der Waals surface area contributed by atoms with E-state index in [0.717, 1.165) is 0 Å². The second kappa shape index (κ2) is 2.57. The van der Waals surface area contributed by atoms with Crippen LogP contribution < -0.4 is 0 Å². The molecule has 1 heterocycles. The van der Waals surface area contributed by atoms with Gasteiger partial charge in [0.05, 0.1) is 4.92 Å². The van der Waals surface area contributed by atoms with Crippen molar-refractivity contribution in [3.63, 3.8) is 0 Å². The van der Waals surface area contributed by atoms with E-state index in [1.165, 1.54) is 12.3 Å². The summed E-state index contributed by atoms with van der Waals surface area (Å²) in [5.41, 5.74) is -0.108. The van der Waals surface area contributed by atoms with E-state index in [1.54, 1.807) is 0 Å². The Morgan fingerprint density at radius 1 is 1.80 bits per heavy atom. The minimum Gasteiger partial charge on any atom is -0.352 e. The number of nitrogens with zero attached hydrogens (tertiary/aromatic N) is 1. The first kappa shape index (κ1) is 6.88. The molecule has 51 valence electrons. The summed E-state index contributed by atoms with van der Waals surface area (Å²) in [5.74, 6) is 0. The molecule has 0 bridgehead atoms. The van der Waals surface area contributed by atoms with Crippen molar-refractivity contribution >= 4 is 17.9 Å². The van der Waals surface area contributed by atoms with Crippen LogP contribution in [0, 0.1) is 20.8 Å². The monoisotopic (exact) mass is 155 g/mol. The summed E-state index contributed by atoms with van der Waals surface area (Å²) in [7, 11) is 0. The second-order valence-corrected chi connectivity index (χ2v) is 1.98. The van der Waals surface area contributed by atoms with Gasteiger partial charge < -0.3 is 4.98 Å². The number of rotatable bonds is 1. The minimum absolute atomic E-state index is 0.108. The van der Waals surface area contributed by atoms with E-state index in [4.69, 9.17) is 0 Å². The summed E-state index contributed by atoms with van der Waals surface area (Å²) in [6.45, 7) is 0. The quantitative estimate of drug-likeness (QED) is 0.379. The Kier molecular flexibility index (Phi) is 1.77. The van der Waals surface area contributed by atoms with E-state index < -0.39 is 4.92 Å². The number of nitro groups is 1. The maximum atomic E-state index is 10.1. The molecule has 1 rings (SSSR count). The first-order valence-electron chi connectivity index (χ1n) is 2.45.